The van der Waals surface area contributed by atoms with Gasteiger partial charge in [0.1, 0.15) is 17.4 Å². The number of aromatic nitrogens is 2. The second kappa shape index (κ2) is 5.75. The Labute approximate surface area is 133 Å². The SMILES string of the molecule is COc1cccc(OC)c1C1c2cn[nH]c2N=C(C)C1C(=O)O. The Hall–Kier alpha value is -2.83. The number of aliphatic imine (C=N–C) groups is 1. The molecule has 0 bridgehead atoms. The lowest BCUT2D eigenvalue weighted by molar-refractivity contribution is -0.139. The predicted octanol–water partition coefficient (Wildman–Crippen LogP) is 2.37. The molecule has 7 nitrogen and oxygen atoms in total. The van der Waals surface area contributed by atoms with Crippen molar-refractivity contribution in [3.63, 3.8) is 0 Å². The number of fused-ring (bicyclic) bond motifs is 1. The van der Waals surface area contributed by atoms with Crippen LogP contribution in [-0.2, 0) is 4.79 Å². The quantitative estimate of drug-likeness (QED) is 0.903. The summed E-state index contributed by atoms with van der Waals surface area (Å²) in [5, 5.41) is 16.6. The number of methoxy groups -OCH3 is 2. The minimum absolute atomic E-state index is 0.496. The van der Waals surface area contributed by atoms with Crippen LogP contribution in [0, 0.1) is 5.92 Å². The summed E-state index contributed by atoms with van der Waals surface area (Å²) in [7, 11) is 3.10. The second-order valence-corrected chi connectivity index (χ2v) is 5.30. The molecule has 3 rings (SSSR count). The summed E-state index contributed by atoms with van der Waals surface area (Å²) in [5.41, 5.74) is 1.90. The highest BCUT2D eigenvalue weighted by Crippen LogP contribution is 2.47. The van der Waals surface area contributed by atoms with Gasteiger partial charge < -0.3 is 14.6 Å². The molecule has 2 aromatic rings. The van der Waals surface area contributed by atoms with Gasteiger partial charge >= 0.3 is 5.97 Å². The number of benzene rings is 1. The van der Waals surface area contributed by atoms with Gasteiger partial charge in [-0.15, -0.1) is 0 Å². The maximum Gasteiger partial charge on any atom is 0.313 e. The zero-order chi connectivity index (χ0) is 16.6. The van der Waals surface area contributed by atoms with Crippen LogP contribution in [0.2, 0.25) is 0 Å². The van der Waals surface area contributed by atoms with Gasteiger partial charge in [-0.3, -0.25) is 9.89 Å². The molecule has 0 saturated carbocycles. The fourth-order valence-electron chi connectivity index (χ4n) is 3.10. The lowest BCUT2D eigenvalue weighted by atomic mass is 9.77. The van der Waals surface area contributed by atoms with Crippen molar-refractivity contribution in [3.05, 3.63) is 35.5 Å². The van der Waals surface area contributed by atoms with Gasteiger partial charge in [-0.05, 0) is 19.1 Å². The second-order valence-electron chi connectivity index (χ2n) is 5.30. The van der Waals surface area contributed by atoms with Crippen LogP contribution in [-0.4, -0.2) is 41.2 Å². The average molecular weight is 315 g/mol. The summed E-state index contributed by atoms with van der Waals surface area (Å²) in [5.74, 6) is -0.547. The van der Waals surface area contributed by atoms with Crippen molar-refractivity contribution in [1.82, 2.24) is 10.2 Å². The van der Waals surface area contributed by atoms with Crippen LogP contribution in [0.25, 0.3) is 0 Å². The zero-order valence-electron chi connectivity index (χ0n) is 13.0. The van der Waals surface area contributed by atoms with Crippen molar-refractivity contribution in [1.29, 1.82) is 0 Å². The number of hydrogen-bond acceptors (Lipinski definition) is 5. The lowest BCUT2D eigenvalue weighted by Crippen LogP contribution is -2.31. The Balaban J connectivity index is 2.29. The molecule has 0 spiro atoms. The molecule has 120 valence electrons. The predicted molar refractivity (Wildman–Crippen MR) is 83.9 cm³/mol. The number of nitrogens with one attached hydrogen (secondary N) is 1. The zero-order valence-corrected chi connectivity index (χ0v) is 13.0. The summed E-state index contributed by atoms with van der Waals surface area (Å²) in [6.45, 7) is 1.71. The van der Waals surface area contributed by atoms with Crippen molar-refractivity contribution in [2.24, 2.45) is 10.9 Å². The van der Waals surface area contributed by atoms with E-state index in [-0.39, 0.29) is 0 Å². The summed E-state index contributed by atoms with van der Waals surface area (Å²) >= 11 is 0. The van der Waals surface area contributed by atoms with Gasteiger partial charge in [0.2, 0.25) is 0 Å². The first-order valence-electron chi connectivity index (χ1n) is 7.10. The number of carboxylic acids is 1. The number of carbonyl (C=O) groups is 1. The molecule has 1 aliphatic heterocycles. The van der Waals surface area contributed by atoms with Gasteiger partial charge in [0.05, 0.1) is 20.4 Å². The first-order chi connectivity index (χ1) is 11.1. The van der Waals surface area contributed by atoms with E-state index in [1.165, 1.54) is 0 Å². The summed E-state index contributed by atoms with van der Waals surface area (Å²) in [4.78, 5) is 16.2. The Bertz CT molecular complexity index is 759. The van der Waals surface area contributed by atoms with Crippen molar-refractivity contribution in [2.45, 2.75) is 12.8 Å². The Morgan fingerprint density at radius 2 is 1.91 bits per heavy atom. The van der Waals surface area contributed by atoms with Gasteiger partial charge in [0.15, 0.2) is 5.82 Å². The van der Waals surface area contributed by atoms with E-state index in [9.17, 15) is 9.90 Å². The fourth-order valence-corrected chi connectivity index (χ4v) is 3.10. The van der Waals surface area contributed by atoms with Crippen LogP contribution in [0.3, 0.4) is 0 Å². The number of ether oxygens (including phenoxy) is 2. The van der Waals surface area contributed by atoms with Gasteiger partial charge in [-0.2, -0.15) is 5.10 Å². The normalized spacial score (nSPS) is 19.7. The van der Waals surface area contributed by atoms with Crippen LogP contribution < -0.4 is 9.47 Å². The smallest absolute Gasteiger partial charge is 0.313 e. The van der Waals surface area contributed by atoms with Crippen molar-refractivity contribution in [3.8, 4) is 11.5 Å². The first-order valence-corrected chi connectivity index (χ1v) is 7.10. The maximum atomic E-state index is 11.9. The standard InChI is InChI=1S/C16H17N3O4/c1-8-12(16(20)21)13(9-7-17-19-15(9)18-8)14-10(22-2)5-4-6-11(14)23-3/h4-7,12-13H,1-3H3,(H,17,19)(H,20,21). The highest BCUT2D eigenvalue weighted by molar-refractivity contribution is 6.04. The molecule has 1 aromatic carbocycles. The lowest BCUT2D eigenvalue weighted by Gasteiger charge is -2.29. The molecule has 2 unspecified atom stereocenters. The molecule has 2 N–H and O–H groups in total. The van der Waals surface area contributed by atoms with Gasteiger partial charge in [-0.1, -0.05) is 6.07 Å². The highest BCUT2D eigenvalue weighted by atomic mass is 16.5. The number of H-pyrrole nitrogens is 1. The largest absolute Gasteiger partial charge is 0.496 e. The van der Waals surface area contributed by atoms with Gasteiger partial charge in [-0.25, -0.2) is 4.99 Å². The summed E-state index contributed by atoms with van der Waals surface area (Å²) in [6, 6.07) is 5.38. The Kier molecular flexibility index (Phi) is 3.77. The van der Waals surface area contributed by atoms with E-state index in [4.69, 9.17) is 9.47 Å². The van der Waals surface area contributed by atoms with E-state index in [1.807, 2.05) is 0 Å². The highest BCUT2D eigenvalue weighted by Gasteiger charge is 2.41. The van der Waals surface area contributed by atoms with E-state index in [0.29, 0.717) is 34.2 Å². The third-order valence-corrected chi connectivity index (χ3v) is 4.10. The Morgan fingerprint density at radius 1 is 1.26 bits per heavy atom. The molecule has 2 heterocycles. The molecule has 23 heavy (non-hydrogen) atoms. The van der Waals surface area contributed by atoms with Crippen LogP contribution >= 0.6 is 0 Å². The molecule has 0 saturated heterocycles. The molecule has 1 aliphatic rings. The minimum Gasteiger partial charge on any atom is -0.496 e. The number of rotatable bonds is 4. The maximum absolute atomic E-state index is 11.9. The number of aliphatic carboxylic acids is 1. The number of aromatic amines is 1. The van der Waals surface area contributed by atoms with Crippen molar-refractivity contribution < 1.29 is 19.4 Å². The summed E-state index contributed by atoms with van der Waals surface area (Å²) in [6.07, 6.45) is 1.61. The number of hydrogen-bond donors (Lipinski definition) is 2. The molecule has 7 heteroatoms. The van der Waals surface area contributed by atoms with Crippen LogP contribution in [0.5, 0.6) is 11.5 Å². The van der Waals surface area contributed by atoms with E-state index in [1.54, 1.807) is 45.5 Å². The number of carboxylic acid groups (broad SMARTS) is 1. The van der Waals surface area contributed by atoms with E-state index in [2.05, 4.69) is 15.2 Å². The Morgan fingerprint density at radius 3 is 2.48 bits per heavy atom. The first kappa shape index (κ1) is 15.1. The van der Waals surface area contributed by atoms with Crippen LogP contribution in [0.1, 0.15) is 24.0 Å². The molecule has 0 fully saturated rings. The van der Waals surface area contributed by atoms with Crippen molar-refractivity contribution >= 4 is 17.5 Å². The minimum atomic E-state index is -0.948. The molecular weight excluding hydrogens is 298 g/mol. The fraction of sp³-hybridized carbons (Fsp3) is 0.312. The van der Waals surface area contributed by atoms with Crippen molar-refractivity contribution in [2.75, 3.05) is 14.2 Å². The monoisotopic (exact) mass is 315 g/mol. The van der Waals surface area contributed by atoms with E-state index in [0.717, 1.165) is 0 Å². The molecule has 1 aromatic heterocycles. The van der Waals surface area contributed by atoms with Crippen LogP contribution in [0.4, 0.5) is 5.82 Å². The average Bonchev–Trinajstić information content (AvgIpc) is 3.00. The number of nitrogens with zero attached hydrogens (tertiary/aromatic N) is 2. The molecular formula is C16H17N3O4. The third-order valence-electron chi connectivity index (χ3n) is 4.10. The molecule has 0 amide bonds. The van der Waals surface area contributed by atoms with Gasteiger partial charge in [0, 0.05) is 22.8 Å². The third kappa shape index (κ3) is 2.34. The van der Waals surface area contributed by atoms with Crippen LogP contribution in [0.15, 0.2) is 29.4 Å². The summed E-state index contributed by atoms with van der Waals surface area (Å²) < 4.78 is 10.9. The molecule has 0 aliphatic carbocycles. The van der Waals surface area contributed by atoms with E-state index >= 15 is 0 Å². The van der Waals surface area contributed by atoms with Gasteiger partial charge in [0.25, 0.3) is 0 Å². The topological polar surface area (TPSA) is 96.8 Å². The molecule has 0 radical (unpaired) electrons. The molecule has 2 atom stereocenters. The van der Waals surface area contributed by atoms with E-state index < -0.39 is 17.8 Å².